The van der Waals surface area contributed by atoms with Gasteiger partial charge in [0.05, 0.1) is 6.10 Å². The highest BCUT2D eigenvalue weighted by atomic mass is 16.3. The zero-order valence-corrected chi connectivity index (χ0v) is 8.11. The van der Waals surface area contributed by atoms with Crippen LogP contribution in [0.25, 0.3) is 0 Å². The van der Waals surface area contributed by atoms with Gasteiger partial charge in [-0.15, -0.1) is 0 Å². The van der Waals surface area contributed by atoms with Crippen LogP contribution in [0.4, 0.5) is 0 Å². The summed E-state index contributed by atoms with van der Waals surface area (Å²) in [4.78, 5) is 0. The molecule has 0 saturated heterocycles. The number of hydrogen-bond acceptors (Lipinski definition) is 1. The number of aliphatic hydroxyl groups is 1. The van der Waals surface area contributed by atoms with E-state index in [-0.39, 0.29) is 6.10 Å². The van der Waals surface area contributed by atoms with Gasteiger partial charge in [-0.2, -0.15) is 0 Å². The van der Waals surface area contributed by atoms with Crippen LogP contribution in [0.2, 0.25) is 0 Å². The van der Waals surface area contributed by atoms with E-state index in [4.69, 9.17) is 0 Å². The van der Waals surface area contributed by atoms with Crippen molar-refractivity contribution in [2.75, 3.05) is 0 Å². The molecule has 0 aliphatic heterocycles. The zero-order chi connectivity index (χ0) is 9.26. The van der Waals surface area contributed by atoms with Crippen molar-refractivity contribution in [3.05, 3.63) is 24.0 Å². The Morgan fingerprint density at radius 2 is 2.38 bits per heavy atom. The van der Waals surface area contributed by atoms with E-state index in [1.807, 2.05) is 19.1 Å². The maximum absolute atomic E-state index is 9.71. The van der Waals surface area contributed by atoms with Crippen molar-refractivity contribution >= 4 is 0 Å². The fourth-order valence-electron chi connectivity index (χ4n) is 1.68. The summed E-state index contributed by atoms with van der Waals surface area (Å²) in [6.45, 7) is 3.11. The lowest BCUT2D eigenvalue weighted by Crippen LogP contribution is -2.07. The summed E-state index contributed by atoms with van der Waals surface area (Å²) in [5, 5.41) is 9.71. The molecule has 2 nitrogen and oxygen atoms in total. The standard InChI is InChI=1S/C11H17NO/c1-2-11(13)10-4-3-7-12(10)8-9-5-6-9/h3-4,7,9,11,13H,2,5-6,8H2,1H3. The molecular formula is C11H17NO. The third-order valence-corrected chi connectivity index (χ3v) is 2.74. The van der Waals surface area contributed by atoms with Crippen molar-refractivity contribution in [1.29, 1.82) is 0 Å². The van der Waals surface area contributed by atoms with Gasteiger partial charge in [0.15, 0.2) is 0 Å². The van der Waals surface area contributed by atoms with Crippen LogP contribution >= 0.6 is 0 Å². The lowest BCUT2D eigenvalue weighted by molar-refractivity contribution is 0.163. The molecule has 1 saturated carbocycles. The second kappa shape index (κ2) is 3.54. The molecule has 1 heterocycles. The van der Waals surface area contributed by atoms with Gasteiger partial charge in [-0.3, -0.25) is 0 Å². The molecule has 1 aliphatic carbocycles. The number of aliphatic hydroxyl groups excluding tert-OH is 1. The minimum atomic E-state index is -0.284. The van der Waals surface area contributed by atoms with Crippen LogP contribution in [-0.2, 0) is 6.54 Å². The number of nitrogens with zero attached hydrogens (tertiary/aromatic N) is 1. The van der Waals surface area contributed by atoms with Gasteiger partial charge in [-0.05, 0) is 37.3 Å². The normalized spacial score (nSPS) is 18.9. The SMILES string of the molecule is CCC(O)c1cccn1CC1CC1. The second-order valence-electron chi connectivity index (χ2n) is 3.95. The van der Waals surface area contributed by atoms with Gasteiger partial charge < -0.3 is 9.67 Å². The summed E-state index contributed by atoms with van der Waals surface area (Å²) >= 11 is 0. The second-order valence-corrected chi connectivity index (χ2v) is 3.95. The minimum absolute atomic E-state index is 0.284. The Bertz CT molecular complexity index is 275. The predicted octanol–water partition coefficient (Wildman–Crippen LogP) is 2.34. The van der Waals surface area contributed by atoms with E-state index < -0.39 is 0 Å². The highest BCUT2D eigenvalue weighted by Gasteiger charge is 2.23. The zero-order valence-electron chi connectivity index (χ0n) is 8.11. The first-order valence-electron chi connectivity index (χ1n) is 5.14. The molecule has 1 N–H and O–H groups in total. The van der Waals surface area contributed by atoms with Crippen LogP contribution in [0.15, 0.2) is 18.3 Å². The van der Waals surface area contributed by atoms with Crippen molar-refractivity contribution in [1.82, 2.24) is 4.57 Å². The summed E-state index contributed by atoms with van der Waals surface area (Å²) in [5.41, 5.74) is 1.08. The summed E-state index contributed by atoms with van der Waals surface area (Å²) < 4.78 is 2.20. The van der Waals surface area contributed by atoms with Crippen LogP contribution in [0.1, 0.15) is 38.0 Å². The monoisotopic (exact) mass is 179 g/mol. The van der Waals surface area contributed by atoms with Gasteiger partial charge in [-0.25, -0.2) is 0 Å². The maximum atomic E-state index is 9.71. The molecule has 0 spiro atoms. The van der Waals surface area contributed by atoms with E-state index in [0.29, 0.717) is 0 Å². The van der Waals surface area contributed by atoms with Crippen LogP contribution in [0.5, 0.6) is 0 Å². The van der Waals surface area contributed by atoms with E-state index in [0.717, 1.165) is 24.6 Å². The Morgan fingerprint density at radius 3 is 3.00 bits per heavy atom. The van der Waals surface area contributed by atoms with Crippen LogP contribution in [0.3, 0.4) is 0 Å². The molecule has 0 amide bonds. The molecule has 1 atom stereocenters. The average molecular weight is 179 g/mol. The lowest BCUT2D eigenvalue weighted by Gasteiger charge is -2.12. The number of hydrogen-bond donors (Lipinski definition) is 1. The van der Waals surface area contributed by atoms with E-state index >= 15 is 0 Å². The number of aromatic nitrogens is 1. The Kier molecular flexibility index (Phi) is 2.40. The van der Waals surface area contributed by atoms with Crippen molar-refractivity contribution in [2.24, 2.45) is 5.92 Å². The van der Waals surface area contributed by atoms with E-state index in [2.05, 4.69) is 10.8 Å². The van der Waals surface area contributed by atoms with Gasteiger partial charge in [-0.1, -0.05) is 6.92 Å². The first kappa shape index (κ1) is 8.82. The Morgan fingerprint density at radius 1 is 1.62 bits per heavy atom. The summed E-state index contributed by atoms with van der Waals surface area (Å²) in [5.74, 6) is 0.871. The molecule has 1 fully saturated rings. The maximum Gasteiger partial charge on any atom is 0.0937 e. The van der Waals surface area contributed by atoms with Gasteiger partial charge in [0.1, 0.15) is 0 Å². The van der Waals surface area contributed by atoms with Gasteiger partial charge in [0.2, 0.25) is 0 Å². The van der Waals surface area contributed by atoms with E-state index in [9.17, 15) is 5.11 Å². The van der Waals surface area contributed by atoms with Gasteiger partial charge in [0, 0.05) is 18.4 Å². The van der Waals surface area contributed by atoms with Crippen LogP contribution in [0, 0.1) is 5.92 Å². The first-order chi connectivity index (χ1) is 6.31. The summed E-state index contributed by atoms with van der Waals surface area (Å²) in [7, 11) is 0. The molecule has 2 heteroatoms. The van der Waals surface area contributed by atoms with Crippen molar-refractivity contribution in [2.45, 2.75) is 38.8 Å². The smallest absolute Gasteiger partial charge is 0.0937 e. The Balaban J connectivity index is 2.09. The molecular weight excluding hydrogens is 162 g/mol. The molecule has 1 unspecified atom stereocenters. The van der Waals surface area contributed by atoms with E-state index in [1.54, 1.807) is 0 Å². The number of rotatable bonds is 4. The molecule has 13 heavy (non-hydrogen) atoms. The predicted molar refractivity (Wildman–Crippen MR) is 52.4 cm³/mol. The summed E-state index contributed by atoms with van der Waals surface area (Å²) in [6.07, 6.45) is 5.31. The fourth-order valence-corrected chi connectivity index (χ4v) is 1.68. The molecule has 0 bridgehead atoms. The van der Waals surface area contributed by atoms with Crippen molar-refractivity contribution < 1.29 is 5.11 Å². The van der Waals surface area contributed by atoms with Gasteiger partial charge >= 0.3 is 0 Å². The molecule has 1 aliphatic rings. The topological polar surface area (TPSA) is 25.2 Å². The highest BCUT2D eigenvalue weighted by molar-refractivity contribution is 5.10. The van der Waals surface area contributed by atoms with Crippen molar-refractivity contribution in [3.8, 4) is 0 Å². The molecule has 2 rings (SSSR count). The summed E-state index contributed by atoms with van der Waals surface area (Å²) in [6, 6.07) is 4.05. The fraction of sp³-hybridized carbons (Fsp3) is 0.636. The van der Waals surface area contributed by atoms with Crippen molar-refractivity contribution in [3.63, 3.8) is 0 Å². The Labute approximate surface area is 79.2 Å². The quantitative estimate of drug-likeness (QED) is 0.754. The third-order valence-electron chi connectivity index (χ3n) is 2.74. The first-order valence-corrected chi connectivity index (χ1v) is 5.14. The molecule has 0 aromatic carbocycles. The van der Waals surface area contributed by atoms with Crippen LogP contribution < -0.4 is 0 Å². The highest BCUT2D eigenvalue weighted by Crippen LogP contribution is 2.32. The average Bonchev–Trinajstić information content (AvgIpc) is 2.82. The largest absolute Gasteiger partial charge is 0.387 e. The minimum Gasteiger partial charge on any atom is -0.387 e. The van der Waals surface area contributed by atoms with E-state index in [1.165, 1.54) is 12.8 Å². The van der Waals surface area contributed by atoms with Crippen LogP contribution in [-0.4, -0.2) is 9.67 Å². The molecule has 72 valence electrons. The lowest BCUT2D eigenvalue weighted by atomic mass is 10.2. The third kappa shape index (κ3) is 1.94. The molecule has 1 aromatic heterocycles. The van der Waals surface area contributed by atoms with Gasteiger partial charge in [0.25, 0.3) is 0 Å². The Hall–Kier alpha value is -0.760. The molecule has 0 radical (unpaired) electrons. The molecule has 1 aromatic rings.